The number of esters is 1. The summed E-state index contributed by atoms with van der Waals surface area (Å²) in [6.07, 6.45) is -0.330. The number of methoxy groups -OCH3 is 1. The van der Waals surface area contributed by atoms with Crippen molar-refractivity contribution in [3.63, 3.8) is 0 Å². The molecule has 2 aliphatic heterocycles. The molecular weight excluding hydrogens is 424 g/mol. The first-order valence-electron chi connectivity index (χ1n) is 9.44. The standard InChI is InChI=1S/C21H18N2O7S/c1-30-18(24)11-15-20(26)22-8-9-23(15)21(27)12-6-7-14-17(10-12)31(28,29)16-5-3-2-4-13(16)19(14)25/h2-7,10,15H,8-9,11H2,1H3,(H,22,26)/t15-/m1/s1. The summed E-state index contributed by atoms with van der Waals surface area (Å²) >= 11 is 0. The highest BCUT2D eigenvalue weighted by Crippen LogP contribution is 2.35. The smallest absolute Gasteiger partial charge is 0.308 e. The summed E-state index contributed by atoms with van der Waals surface area (Å²) in [4.78, 5) is 50.7. The van der Waals surface area contributed by atoms with Gasteiger partial charge in [0.1, 0.15) is 6.04 Å². The molecule has 1 fully saturated rings. The van der Waals surface area contributed by atoms with E-state index >= 15 is 0 Å². The van der Waals surface area contributed by atoms with Crippen molar-refractivity contribution in [3.8, 4) is 0 Å². The van der Waals surface area contributed by atoms with Gasteiger partial charge in [-0.05, 0) is 30.3 Å². The second-order valence-electron chi connectivity index (χ2n) is 7.13. The molecule has 2 amide bonds. The Bertz CT molecular complexity index is 1240. The van der Waals surface area contributed by atoms with Crippen LogP contribution in [-0.2, 0) is 24.2 Å². The normalized spacial score (nSPS) is 19.1. The number of carbonyl (C=O) groups excluding carboxylic acids is 4. The zero-order valence-corrected chi connectivity index (χ0v) is 17.3. The Kier molecular flexibility index (Phi) is 5.10. The maximum absolute atomic E-state index is 13.2. The maximum atomic E-state index is 13.2. The van der Waals surface area contributed by atoms with E-state index in [2.05, 4.69) is 10.1 Å². The van der Waals surface area contributed by atoms with Crippen LogP contribution in [0.4, 0.5) is 0 Å². The van der Waals surface area contributed by atoms with Gasteiger partial charge < -0.3 is 15.0 Å². The number of ether oxygens (including phenoxy) is 1. The van der Waals surface area contributed by atoms with Crippen molar-refractivity contribution in [1.29, 1.82) is 0 Å². The molecule has 2 aliphatic rings. The van der Waals surface area contributed by atoms with Gasteiger partial charge in [-0.25, -0.2) is 8.42 Å². The van der Waals surface area contributed by atoms with Gasteiger partial charge in [0.15, 0.2) is 5.78 Å². The average Bonchev–Trinajstić information content (AvgIpc) is 2.78. The molecule has 2 aromatic rings. The van der Waals surface area contributed by atoms with Gasteiger partial charge in [-0.15, -0.1) is 0 Å². The topological polar surface area (TPSA) is 127 Å². The van der Waals surface area contributed by atoms with Crippen molar-refractivity contribution in [2.45, 2.75) is 22.3 Å². The number of carbonyl (C=O) groups is 4. The van der Waals surface area contributed by atoms with Crippen molar-refractivity contribution in [1.82, 2.24) is 10.2 Å². The molecule has 160 valence electrons. The van der Waals surface area contributed by atoms with Crippen LogP contribution < -0.4 is 5.32 Å². The number of nitrogens with one attached hydrogen (secondary N) is 1. The second-order valence-corrected chi connectivity index (χ2v) is 9.01. The number of hydrogen-bond acceptors (Lipinski definition) is 7. The molecular formula is C21H18N2O7S. The zero-order chi connectivity index (χ0) is 22.3. The second kappa shape index (κ2) is 7.62. The van der Waals surface area contributed by atoms with Crippen molar-refractivity contribution < 1.29 is 32.3 Å². The van der Waals surface area contributed by atoms with Crippen LogP contribution >= 0.6 is 0 Å². The van der Waals surface area contributed by atoms with E-state index in [1.807, 2.05) is 0 Å². The number of fused-ring (bicyclic) bond motifs is 2. The van der Waals surface area contributed by atoms with Crippen molar-refractivity contribution in [2.75, 3.05) is 20.2 Å². The Balaban J connectivity index is 1.74. The van der Waals surface area contributed by atoms with Gasteiger partial charge in [0.2, 0.25) is 15.7 Å². The molecule has 2 aromatic carbocycles. The number of nitrogens with zero attached hydrogens (tertiary/aromatic N) is 1. The fraction of sp³-hybridized carbons (Fsp3) is 0.238. The molecule has 0 radical (unpaired) electrons. The van der Waals surface area contributed by atoms with Crippen LogP contribution in [0.1, 0.15) is 32.7 Å². The van der Waals surface area contributed by atoms with Gasteiger partial charge in [0, 0.05) is 29.8 Å². The molecule has 4 rings (SSSR count). The molecule has 1 saturated heterocycles. The fourth-order valence-electron chi connectivity index (χ4n) is 3.79. The third-order valence-electron chi connectivity index (χ3n) is 5.36. The van der Waals surface area contributed by atoms with Crippen molar-refractivity contribution in [2.24, 2.45) is 0 Å². The molecule has 0 aromatic heterocycles. The van der Waals surface area contributed by atoms with Gasteiger partial charge in [0.25, 0.3) is 5.91 Å². The van der Waals surface area contributed by atoms with Gasteiger partial charge in [0.05, 0.1) is 23.3 Å². The molecule has 0 spiro atoms. The minimum absolute atomic E-state index is 0.000859. The van der Waals surface area contributed by atoms with Crippen molar-refractivity contribution >= 4 is 33.4 Å². The van der Waals surface area contributed by atoms with Crippen LogP contribution in [0.25, 0.3) is 0 Å². The molecule has 0 bridgehead atoms. The highest BCUT2D eigenvalue weighted by atomic mass is 32.2. The summed E-state index contributed by atoms with van der Waals surface area (Å²) in [5, 5.41) is 2.60. The van der Waals surface area contributed by atoms with E-state index in [9.17, 15) is 27.6 Å². The lowest BCUT2D eigenvalue weighted by atomic mass is 10.00. The number of piperazine rings is 1. The first kappa shape index (κ1) is 20.7. The lowest BCUT2D eigenvalue weighted by Gasteiger charge is -2.34. The monoisotopic (exact) mass is 442 g/mol. The molecule has 1 N–H and O–H groups in total. The number of amides is 2. The Morgan fingerprint density at radius 3 is 2.55 bits per heavy atom. The van der Waals surface area contributed by atoms with E-state index in [1.54, 1.807) is 6.07 Å². The number of sulfone groups is 1. The van der Waals surface area contributed by atoms with E-state index < -0.39 is 39.4 Å². The molecule has 0 unspecified atom stereocenters. The van der Waals surface area contributed by atoms with Crippen LogP contribution in [0.3, 0.4) is 0 Å². The van der Waals surface area contributed by atoms with Crippen molar-refractivity contribution in [3.05, 3.63) is 59.2 Å². The lowest BCUT2D eigenvalue weighted by Crippen LogP contribution is -2.57. The van der Waals surface area contributed by atoms with Gasteiger partial charge in [-0.3, -0.25) is 19.2 Å². The van der Waals surface area contributed by atoms with Crippen LogP contribution in [0, 0.1) is 0 Å². The Morgan fingerprint density at radius 2 is 1.81 bits per heavy atom. The maximum Gasteiger partial charge on any atom is 0.308 e. The number of rotatable bonds is 3. The fourth-order valence-corrected chi connectivity index (χ4v) is 5.46. The number of hydrogen-bond donors (Lipinski definition) is 1. The summed E-state index contributed by atoms with van der Waals surface area (Å²) in [5.41, 5.74) is 0.0664. The lowest BCUT2D eigenvalue weighted by molar-refractivity contribution is -0.145. The predicted octanol–water partition coefficient (Wildman–Crippen LogP) is 0.568. The molecule has 10 heteroatoms. The highest BCUT2D eigenvalue weighted by Gasteiger charge is 2.38. The van der Waals surface area contributed by atoms with Crippen LogP contribution in [0.15, 0.2) is 52.3 Å². The Morgan fingerprint density at radius 1 is 1.10 bits per heavy atom. The van der Waals surface area contributed by atoms with Gasteiger partial charge >= 0.3 is 5.97 Å². The molecule has 2 heterocycles. The summed E-state index contributed by atoms with van der Waals surface area (Å²) in [6.45, 7) is 0.329. The van der Waals surface area contributed by atoms with Gasteiger partial charge in [-0.2, -0.15) is 0 Å². The van der Waals surface area contributed by atoms with E-state index in [4.69, 9.17) is 0 Å². The van der Waals surface area contributed by atoms with E-state index in [0.29, 0.717) is 0 Å². The van der Waals surface area contributed by atoms with Gasteiger partial charge in [-0.1, -0.05) is 12.1 Å². The van der Waals surface area contributed by atoms with E-state index in [-0.39, 0.29) is 46.0 Å². The number of ketones is 1. The average molecular weight is 442 g/mol. The zero-order valence-electron chi connectivity index (χ0n) is 16.5. The Hall–Kier alpha value is -3.53. The molecule has 0 saturated carbocycles. The molecule has 1 atom stereocenters. The van der Waals surface area contributed by atoms with Crippen LogP contribution in [0.5, 0.6) is 0 Å². The summed E-state index contributed by atoms with van der Waals surface area (Å²) < 4.78 is 30.8. The van der Waals surface area contributed by atoms with Crippen LogP contribution in [-0.4, -0.2) is 63.1 Å². The molecule has 0 aliphatic carbocycles. The Labute approximate surface area is 177 Å². The third-order valence-corrected chi connectivity index (χ3v) is 7.22. The predicted molar refractivity (Wildman–Crippen MR) is 106 cm³/mol. The summed E-state index contributed by atoms with van der Waals surface area (Å²) in [6, 6.07) is 8.63. The van der Waals surface area contributed by atoms with E-state index in [1.165, 1.54) is 42.3 Å². The largest absolute Gasteiger partial charge is 0.469 e. The van der Waals surface area contributed by atoms with Crippen LogP contribution in [0.2, 0.25) is 0 Å². The number of benzene rings is 2. The molecule has 9 nitrogen and oxygen atoms in total. The minimum Gasteiger partial charge on any atom is -0.469 e. The minimum atomic E-state index is -4.01. The summed E-state index contributed by atoms with van der Waals surface area (Å²) in [5.74, 6) is -2.22. The first-order chi connectivity index (χ1) is 14.8. The molecule has 31 heavy (non-hydrogen) atoms. The summed E-state index contributed by atoms with van der Waals surface area (Å²) in [7, 11) is -2.83. The quantitative estimate of drug-likeness (QED) is 0.588. The third kappa shape index (κ3) is 3.38. The highest BCUT2D eigenvalue weighted by molar-refractivity contribution is 7.91. The first-order valence-corrected chi connectivity index (χ1v) is 10.9. The van der Waals surface area contributed by atoms with E-state index in [0.717, 1.165) is 6.07 Å². The SMILES string of the molecule is COC(=O)C[C@@H]1C(=O)NCCN1C(=O)c1ccc2c(c1)S(=O)(=O)c1ccccc1C2=O.